The first-order valence-electron chi connectivity index (χ1n) is 8.04. The second-order valence-electron chi connectivity index (χ2n) is 6.48. The summed E-state index contributed by atoms with van der Waals surface area (Å²) in [4.78, 5) is 18.3. The Morgan fingerprint density at radius 3 is 3.04 bits per heavy atom. The molecular weight excluding hydrogens is 310 g/mol. The Hall–Kier alpha value is -1.73. The summed E-state index contributed by atoms with van der Waals surface area (Å²) in [6.07, 6.45) is 2.24. The van der Waals surface area contributed by atoms with Crippen LogP contribution < -0.4 is 5.73 Å². The number of nitrogens with zero attached hydrogens (tertiary/aromatic N) is 3. The van der Waals surface area contributed by atoms with Crippen molar-refractivity contribution in [1.82, 2.24) is 20.1 Å². The topological polar surface area (TPSA) is 87.9 Å². The molecule has 3 N–H and O–H groups in total. The smallest absolute Gasteiger partial charge is 0.269 e. The summed E-state index contributed by atoms with van der Waals surface area (Å²) >= 11 is 1.74. The molecule has 3 heterocycles. The van der Waals surface area contributed by atoms with Crippen molar-refractivity contribution in [1.29, 1.82) is 0 Å². The predicted octanol–water partition coefficient (Wildman–Crippen LogP) is 2.47. The molecule has 0 bridgehead atoms. The van der Waals surface area contributed by atoms with Crippen molar-refractivity contribution in [3.8, 4) is 0 Å². The summed E-state index contributed by atoms with van der Waals surface area (Å²) in [7, 11) is 0. The minimum absolute atomic E-state index is 0.318. The first kappa shape index (κ1) is 16.1. The number of hydrogen-bond donors (Lipinski definition) is 2. The second kappa shape index (κ2) is 6.80. The first-order valence-corrected chi connectivity index (χ1v) is 8.92. The SMILES string of the molecule is CC(C)c1nc(CN2CCCC(c3cc(C(N)=O)n[nH]3)C2)cs1. The van der Waals surface area contributed by atoms with Crippen LogP contribution in [0.2, 0.25) is 0 Å². The number of carbonyl (C=O) groups is 1. The summed E-state index contributed by atoms with van der Waals surface area (Å²) in [6.45, 7) is 7.27. The van der Waals surface area contributed by atoms with Gasteiger partial charge in [0.15, 0.2) is 0 Å². The number of primary amides is 1. The summed E-state index contributed by atoms with van der Waals surface area (Å²) in [5, 5.41) is 10.3. The van der Waals surface area contributed by atoms with Gasteiger partial charge >= 0.3 is 0 Å². The van der Waals surface area contributed by atoms with E-state index in [-0.39, 0.29) is 0 Å². The summed E-state index contributed by atoms with van der Waals surface area (Å²) in [6, 6.07) is 1.79. The van der Waals surface area contributed by atoms with Crippen LogP contribution in [-0.4, -0.2) is 39.1 Å². The molecule has 0 aliphatic carbocycles. The van der Waals surface area contributed by atoms with Crippen molar-refractivity contribution >= 4 is 17.2 Å². The van der Waals surface area contributed by atoms with E-state index in [0.29, 0.717) is 17.5 Å². The van der Waals surface area contributed by atoms with Gasteiger partial charge in [0.25, 0.3) is 5.91 Å². The molecule has 0 aromatic carbocycles. The molecule has 1 atom stereocenters. The lowest BCUT2D eigenvalue weighted by atomic mass is 9.94. The van der Waals surface area contributed by atoms with Gasteiger partial charge in [-0.15, -0.1) is 11.3 Å². The van der Waals surface area contributed by atoms with E-state index in [1.54, 1.807) is 17.4 Å². The Morgan fingerprint density at radius 2 is 2.39 bits per heavy atom. The van der Waals surface area contributed by atoms with Crippen LogP contribution >= 0.6 is 11.3 Å². The van der Waals surface area contributed by atoms with Crippen molar-refractivity contribution in [3.05, 3.63) is 33.5 Å². The number of aromatic amines is 1. The number of carbonyl (C=O) groups excluding carboxylic acids is 1. The third-order valence-corrected chi connectivity index (χ3v) is 5.44. The van der Waals surface area contributed by atoms with E-state index in [2.05, 4.69) is 34.3 Å². The standard InChI is InChI=1S/C16H23N5OS/c1-10(2)16-18-12(9-23-16)8-21-5-3-4-11(7-21)13-6-14(15(17)22)20-19-13/h6,9-11H,3-5,7-8H2,1-2H3,(H2,17,22)(H,19,20). The summed E-state index contributed by atoms with van der Waals surface area (Å²) in [5.74, 6) is 0.372. The molecule has 1 unspecified atom stereocenters. The number of likely N-dealkylation sites (tertiary alicyclic amines) is 1. The molecule has 23 heavy (non-hydrogen) atoms. The van der Waals surface area contributed by atoms with Gasteiger partial charge in [0, 0.05) is 36.0 Å². The van der Waals surface area contributed by atoms with Crippen LogP contribution in [0.3, 0.4) is 0 Å². The second-order valence-corrected chi connectivity index (χ2v) is 7.37. The van der Waals surface area contributed by atoms with E-state index in [1.165, 1.54) is 5.01 Å². The van der Waals surface area contributed by atoms with Crippen LogP contribution in [0.25, 0.3) is 0 Å². The number of aromatic nitrogens is 3. The van der Waals surface area contributed by atoms with E-state index in [1.807, 2.05) is 0 Å². The van der Waals surface area contributed by atoms with Gasteiger partial charge in [0.1, 0.15) is 5.69 Å². The first-order chi connectivity index (χ1) is 11.0. The average molecular weight is 333 g/mol. The Kier molecular flexibility index (Phi) is 4.77. The lowest BCUT2D eigenvalue weighted by Gasteiger charge is -2.31. The highest BCUT2D eigenvalue weighted by Gasteiger charge is 2.24. The van der Waals surface area contributed by atoms with Gasteiger partial charge in [-0.3, -0.25) is 14.8 Å². The zero-order valence-electron chi connectivity index (χ0n) is 13.6. The van der Waals surface area contributed by atoms with Crippen LogP contribution in [-0.2, 0) is 6.54 Å². The molecule has 0 saturated carbocycles. The Balaban J connectivity index is 1.64. The van der Waals surface area contributed by atoms with Crippen molar-refractivity contribution in [2.45, 2.75) is 45.1 Å². The molecule has 1 aliphatic rings. The van der Waals surface area contributed by atoms with Gasteiger partial charge in [0.05, 0.1) is 10.7 Å². The van der Waals surface area contributed by atoms with Crippen LogP contribution in [0, 0.1) is 0 Å². The fourth-order valence-electron chi connectivity index (χ4n) is 3.01. The quantitative estimate of drug-likeness (QED) is 0.880. The highest BCUT2D eigenvalue weighted by molar-refractivity contribution is 7.09. The number of nitrogens with one attached hydrogen (secondary N) is 1. The molecule has 124 valence electrons. The van der Waals surface area contributed by atoms with Gasteiger partial charge in [-0.05, 0) is 25.5 Å². The molecule has 0 spiro atoms. The third-order valence-electron chi connectivity index (χ3n) is 4.24. The van der Waals surface area contributed by atoms with Gasteiger partial charge in [0.2, 0.25) is 0 Å². The molecule has 0 radical (unpaired) electrons. The van der Waals surface area contributed by atoms with Gasteiger partial charge in [-0.2, -0.15) is 5.10 Å². The monoisotopic (exact) mass is 333 g/mol. The maximum atomic E-state index is 11.2. The van der Waals surface area contributed by atoms with E-state index in [9.17, 15) is 4.79 Å². The molecule has 7 heteroatoms. The Labute approximate surface area is 140 Å². The van der Waals surface area contributed by atoms with E-state index < -0.39 is 5.91 Å². The van der Waals surface area contributed by atoms with Crippen molar-refractivity contribution in [3.63, 3.8) is 0 Å². The lowest BCUT2D eigenvalue weighted by Crippen LogP contribution is -2.34. The largest absolute Gasteiger partial charge is 0.364 e. The van der Waals surface area contributed by atoms with Crippen LogP contribution in [0.15, 0.2) is 11.4 Å². The molecule has 2 aromatic rings. The normalized spacial score (nSPS) is 19.3. The molecule has 3 rings (SSSR count). The third kappa shape index (κ3) is 3.79. The van der Waals surface area contributed by atoms with E-state index >= 15 is 0 Å². The minimum Gasteiger partial charge on any atom is -0.364 e. The molecular formula is C16H23N5OS. The molecule has 6 nitrogen and oxygen atoms in total. The number of nitrogens with two attached hydrogens (primary N) is 1. The van der Waals surface area contributed by atoms with E-state index in [0.717, 1.165) is 43.9 Å². The fourth-order valence-corrected chi connectivity index (χ4v) is 3.84. The number of hydrogen-bond acceptors (Lipinski definition) is 5. The van der Waals surface area contributed by atoms with Gasteiger partial charge < -0.3 is 5.73 Å². The number of rotatable bonds is 5. The number of thiazole rings is 1. The highest BCUT2D eigenvalue weighted by Crippen LogP contribution is 2.27. The molecule has 1 aliphatic heterocycles. The van der Waals surface area contributed by atoms with Crippen LogP contribution in [0.4, 0.5) is 0 Å². The summed E-state index contributed by atoms with van der Waals surface area (Å²) in [5.41, 5.74) is 7.75. The van der Waals surface area contributed by atoms with Crippen molar-refractivity contribution in [2.75, 3.05) is 13.1 Å². The number of H-pyrrole nitrogens is 1. The predicted molar refractivity (Wildman–Crippen MR) is 90.6 cm³/mol. The highest BCUT2D eigenvalue weighted by atomic mass is 32.1. The molecule has 1 fully saturated rings. The van der Waals surface area contributed by atoms with Gasteiger partial charge in [-0.25, -0.2) is 4.98 Å². The number of piperidine rings is 1. The van der Waals surface area contributed by atoms with E-state index in [4.69, 9.17) is 10.7 Å². The molecule has 1 amide bonds. The zero-order chi connectivity index (χ0) is 16.4. The van der Waals surface area contributed by atoms with Crippen LogP contribution in [0.1, 0.15) is 65.4 Å². The minimum atomic E-state index is -0.483. The average Bonchev–Trinajstić information content (AvgIpc) is 3.16. The zero-order valence-corrected chi connectivity index (χ0v) is 14.4. The number of amides is 1. The van der Waals surface area contributed by atoms with Crippen molar-refractivity contribution in [2.24, 2.45) is 5.73 Å². The summed E-state index contributed by atoms with van der Waals surface area (Å²) < 4.78 is 0. The fraction of sp³-hybridized carbons (Fsp3) is 0.562. The maximum Gasteiger partial charge on any atom is 0.269 e. The van der Waals surface area contributed by atoms with Crippen LogP contribution in [0.5, 0.6) is 0 Å². The Bertz CT molecular complexity index is 678. The lowest BCUT2D eigenvalue weighted by molar-refractivity contribution is 0.0995. The van der Waals surface area contributed by atoms with Gasteiger partial charge in [-0.1, -0.05) is 13.8 Å². The van der Waals surface area contributed by atoms with Crippen molar-refractivity contribution < 1.29 is 4.79 Å². The Morgan fingerprint density at radius 1 is 1.57 bits per heavy atom. The maximum absolute atomic E-state index is 11.2. The molecule has 2 aromatic heterocycles. The molecule has 1 saturated heterocycles.